The maximum atomic E-state index is 3.49. The SMILES string of the molecule is CCNCC1(C)CCc2ccccc2C1. The van der Waals surface area contributed by atoms with Crippen molar-refractivity contribution in [2.75, 3.05) is 13.1 Å². The van der Waals surface area contributed by atoms with E-state index in [1.807, 2.05) is 0 Å². The minimum atomic E-state index is 0.463. The fraction of sp³-hybridized carbons (Fsp3) is 0.571. The largest absolute Gasteiger partial charge is 0.316 e. The summed E-state index contributed by atoms with van der Waals surface area (Å²) in [6.45, 7) is 6.82. The number of hydrogen-bond donors (Lipinski definition) is 1. The van der Waals surface area contributed by atoms with E-state index in [9.17, 15) is 0 Å². The van der Waals surface area contributed by atoms with Gasteiger partial charge in [0.25, 0.3) is 0 Å². The van der Waals surface area contributed by atoms with Crippen LogP contribution in [0.25, 0.3) is 0 Å². The summed E-state index contributed by atoms with van der Waals surface area (Å²) in [5, 5.41) is 3.49. The molecule has 1 nitrogen and oxygen atoms in total. The Bertz CT molecular complexity index is 332. The Kier molecular flexibility index (Phi) is 3.11. The van der Waals surface area contributed by atoms with Gasteiger partial charge in [0.1, 0.15) is 0 Å². The second kappa shape index (κ2) is 4.36. The van der Waals surface area contributed by atoms with Crippen LogP contribution in [-0.4, -0.2) is 13.1 Å². The zero-order valence-corrected chi connectivity index (χ0v) is 9.84. The highest BCUT2D eigenvalue weighted by atomic mass is 14.9. The molecule has 0 bridgehead atoms. The first-order valence-electron chi connectivity index (χ1n) is 6.01. The van der Waals surface area contributed by atoms with Gasteiger partial charge in [-0.2, -0.15) is 0 Å². The third kappa shape index (κ3) is 2.40. The molecule has 1 N–H and O–H groups in total. The zero-order chi connectivity index (χ0) is 10.7. The van der Waals surface area contributed by atoms with E-state index in [4.69, 9.17) is 0 Å². The maximum absolute atomic E-state index is 3.49. The van der Waals surface area contributed by atoms with Crippen molar-refractivity contribution in [3.05, 3.63) is 35.4 Å². The summed E-state index contributed by atoms with van der Waals surface area (Å²) in [6, 6.07) is 8.89. The molecule has 1 aliphatic rings. The normalized spacial score (nSPS) is 24.9. The van der Waals surface area contributed by atoms with Gasteiger partial charge in [-0.05, 0) is 42.3 Å². The standard InChI is InChI=1S/C14H21N/c1-3-15-11-14(2)9-8-12-6-4-5-7-13(12)10-14/h4-7,15H,3,8-11H2,1-2H3. The number of fused-ring (bicyclic) bond motifs is 1. The molecule has 1 atom stereocenters. The van der Waals surface area contributed by atoms with Crippen LogP contribution < -0.4 is 5.32 Å². The lowest BCUT2D eigenvalue weighted by Gasteiger charge is -2.35. The first kappa shape index (κ1) is 10.7. The first-order valence-corrected chi connectivity index (χ1v) is 6.01. The van der Waals surface area contributed by atoms with Crippen LogP contribution in [0.1, 0.15) is 31.4 Å². The molecule has 1 aromatic rings. The predicted octanol–water partition coefficient (Wildman–Crippen LogP) is 2.79. The molecular formula is C14H21N. The molecule has 0 fully saturated rings. The number of rotatable bonds is 3. The Balaban J connectivity index is 2.10. The third-order valence-corrected chi connectivity index (χ3v) is 3.54. The monoisotopic (exact) mass is 203 g/mol. The molecule has 1 heteroatoms. The fourth-order valence-electron chi connectivity index (χ4n) is 2.54. The first-order chi connectivity index (χ1) is 7.23. The summed E-state index contributed by atoms with van der Waals surface area (Å²) in [6.07, 6.45) is 3.80. The van der Waals surface area contributed by atoms with Crippen molar-refractivity contribution < 1.29 is 0 Å². The predicted molar refractivity (Wildman–Crippen MR) is 65.1 cm³/mol. The van der Waals surface area contributed by atoms with Crippen molar-refractivity contribution in [3.8, 4) is 0 Å². The Morgan fingerprint density at radius 1 is 1.27 bits per heavy atom. The number of aryl methyl sites for hydroxylation is 1. The summed E-state index contributed by atoms with van der Waals surface area (Å²) < 4.78 is 0. The van der Waals surface area contributed by atoms with Gasteiger partial charge in [0, 0.05) is 6.54 Å². The van der Waals surface area contributed by atoms with Crippen molar-refractivity contribution in [1.29, 1.82) is 0 Å². The van der Waals surface area contributed by atoms with Crippen LogP contribution in [0.15, 0.2) is 24.3 Å². The molecule has 1 aliphatic carbocycles. The molecule has 1 aromatic carbocycles. The average molecular weight is 203 g/mol. The maximum Gasteiger partial charge on any atom is 0.000835 e. The Labute approximate surface area is 92.9 Å². The van der Waals surface area contributed by atoms with E-state index in [0.29, 0.717) is 5.41 Å². The summed E-state index contributed by atoms with van der Waals surface area (Å²) in [4.78, 5) is 0. The van der Waals surface area contributed by atoms with Crippen molar-refractivity contribution in [2.45, 2.75) is 33.1 Å². The summed E-state index contributed by atoms with van der Waals surface area (Å²) in [5.74, 6) is 0. The van der Waals surface area contributed by atoms with Crippen molar-refractivity contribution >= 4 is 0 Å². The number of nitrogens with one attached hydrogen (secondary N) is 1. The molecule has 0 amide bonds. The molecule has 0 saturated carbocycles. The molecule has 0 heterocycles. The van der Waals surface area contributed by atoms with E-state index < -0.39 is 0 Å². The smallest absolute Gasteiger partial charge is 0.000835 e. The van der Waals surface area contributed by atoms with Crippen LogP contribution in [0.2, 0.25) is 0 Å². The van der Waals surface area contributed by atoms with E-state index in [1.54, 1.807) is 11.1 Å². The van der Waals surface area contributed by atoms with E-state index in [0.717, 1.165) is 13.1 Å². The van der Waals surface area contributed by atoms with Gasteiger partial charge in [-0.15, -0.1) is 0 Å². The summed E-state index contributed by atoms with van der Waals surface area (Å²) >= 11 is 0. The fourth-order valence-corrected chi connectivity index (χ4v) is 2.54. The van der Waals surface area contributed by atoms with Crippen molar-refractivity contribution in [3.63, 3.8) is 0 Å². The molecule has 82 valence electrons. The highest BCUT2D eigenvalue weighted by Crippen LogP contribution is 2.34. The second-order valence-corrected chi connectivity index (χ2v) is 5.04. The highest BCUT2D eigenvalue weighted by molar-refractivity contribution is 5.30. The molecule has 0 spiro atoms. The molecule has 15 heavy (non-hydrogen) atoms. The Hall–Kier alpha value is -0.820. The lowest BCUT2D eigenvalue weighted by molar-refractivity contribution is 0.266. The number of hydrogen-bond acceptors (Lipinski definition) is 1. The molecule has 0 saturated heterocycles. The van der Waals surface area contributed by atoms with E-state index in [2.05, 4.69) is 43.4 Å². The molecule has 0 aliphatic heterocycles. The van der Waals surface area contributed by atoms with Gasteiger partial charge in [-0.25, -0.2) is 0 Å². The van der Waals surface area contributed by atoms with Crippen LogP contribution in [0.4, 0.5) is 0 Å². The van der Waals surface area contributed by atoms with Gasteiger partial charge in [-0.1, -0.05) is 38.1 Å². The number of benzene rings is 1. The topological polar surface area (TPSA) is 12.0 Å². The molecule has 0 radical (unpaired) electrons. The van der Waals surface area contributed by atoms with Crippen LogP contribution in [0.3, 0.4) is 0 Å². The van der Waals surface area contributed by atoms with Gasteiger partial charge in [0.15, 0.2) is 0 Å². The van der Waals surface area contributed by atoms with Crippen molar-refractivity contribution in [1.82, 2.24) is 5.32 Å². The average Bonchev–Trinajstić information content (AvgIpc) is 2.26. The van der Waals surface area contributed by atoms with Gasteiger partial charge in [0.2, 0.25) is 0 Å². The van der Waals surface area contributed by atoms with Gasteiger partial charge < -0.3 is 5.32 Å². The lowest BCUT2D eigenvalue weighted by Crippen LogP contribution is -2.36. The van der Waals surface area contributed by atoms with Gasteiger partial charge in [-0.3, -0.25) is 0 Å². The van der Waals surface area contributed by atoms with Crippen molar-refractivity contribution in [2.24, 2.45) is 5.41 Å². The highest BCUT2D eigenvalue weighted by Gasteiger charge is 2.28. The molecule has 0 aromatic heterocycles. The van der Waals surface area contributed by atoms with Crippen LogP contribution in [0, 0.1) is 5.41 Å². The minimum absolute atomic E-state index is 0.463. The Morgan fingerprint density at radius 2 is 2.00 bits per heavy atom. The van der Waals surface area contributed by atoms with Crippen LogP contribution in [0.5, 0.6) is 0 Å². The van der Waals surface area contributed by atoms with E-state index in [-0.39, 0.29) is 0 Å². The summed E-state index contributed by atoms with van der Waals surface area (Å²) in [7, 11) is 0. The van der Waals surface area contributed by atoms with Crippen LogP contribution in [-0.2, 0) is 12.8 Å². The molecular weight excluding hydrogens is 182 g/mol. The Morgan fingerprint density at radius 3 is 2.73 bits per heavy atom. The quantitative estimate of drug-likeness (QED) is 0.796. The molecule has 2 rings (SSSR count). The van der Waals surface area contributed by atoms with Gasteiger partial charge in [0.05, 0.1) is 0 Å². The van der Waals surface area contributed by atoms with E-state index >= 15 is 0 Å². The van der Waals surface area contributed by atoms with Gasteiger partial charge >= 0.3 is 0 Å². The second-order valence-electron chi connectivity index (χ2n) is 5.04. The minimum Gasteiger partial charge on any atom is -0.316 e. The van der Waals surface area contributed by atoms with Crippen LogP contribution >= 0.6 is 0 Å². The van der Waals surface area contributed by atoms with E-state index in [1.165, 1.54) is 19.3 Å². The third-order valence-electron chi connectivity index (χ3n) is 3.54. The zero-order valence-electron chi connectivity index (χ0n) is 9.84. The lowest BCUT2D eigenvalue weighted by atomic mass is 9.73. The molecule has 1 unspecified atom stereocenters. The summed E-state index contributed by atoms with van der Waals surface area (Å²) in [5.41, 5.74) is 3.58.